The fourth-order valence-corrected chi connectivity index (χ4v) is 3.46. The van der Waals surface area contributed by atoms with Gasteiger partial charge in [-0.3, -0.25) is 10.1 Å². The Morgan fingerprint density at radius 3 is 2.48 bits per heavy atom. The average molecular weight is 382 g/mol. The number of aryl methyl sites for hydroxylation is 3. The minimum absolute atomic E-state index is 0.0629. The minimum atomic E-state index is -0.243. The molecule has 0 spiro atoms. The topological polar surface area (TPSA) is 60.5 Å². The number of nitrogens with one attached hydrogen (secondary N) is 1. The number of benzene rings is 2. The molecule has 6 heteroatoms. The molecular weight excluding hydrogens is 360 g/mol. The Kier molecular flexibility index (Phi) is 5.76. The summed E-state index contributed by atoms with van der Waals surface area (Å²) in [5.41, 5.74) is 4.95. The highest BCUT2D eigenvalue weighted by atomic mass is 32.1. The van der Waals surface area contributed by atoms with E-state index in [2.05, 4.69) is 10.3 Å². The molecule has 1 N–H and O–H groups in total. The van der Waals surface area contributed by atoms with Gasteiger partial charge in [0.2, 0.25) is 0 Å². The molecule has 27 heavy (non-hydrogen) atoms. The predicted octanol–water partition coefficient (Wildman–Crippen LogP) is 4.76. The summed E-state index contributed by atoms with van der Waals surface area (Å²) >= 11 is 1.37. The summed E-state index contributed by atoms with van der Waals surface area (Å²) in [5, 5.41) is 5.22. The lowest BCUT2D eigenvalue weighted by molar-refractivity contribution is -0.118. The number of nitrogens with zero attached hydrogens (tertiary/aromatic N) is 1. The number of aromatic nitrogens is 1. The van der Waals surface area contributed by atoms with E-state index in [0.29, 0.717) is 10.9 Å². The lowest BCUT2D eigenvalue weighted by atomic mass is 10.1. The Morgan fingerprint density at radius 2 is 1.78 bits per heavy atom. The number of anilines is 1. The summed E-state index contributed by atoms with van der Waals surface area (Å²) in [6.07, 6.45) is 0. The fourth-order valence-electron chi connectivity index (χ4n) is 2.74. The van der Waals surface area contributed by atoms with E-state index in [9.17, 15) is 4.79 Å². The highest BCUT2D eigenvalue weighted by molar-refractivity contribution is 7.14. The van der Waals surface area contributed by atoms with Gasteiger partial charge in [-0.25, -0.2) is 4.98 Å². The summed E-state index contributed by atoms with van der Waals surface area (Å²) < 4.78 is 11.0. The maximum atomic E-state index is 12.2. The van der Waals surface area contributed by atoms with Crippen molar-refractivity contribution in [3.05, 3.63) is 58.5 Å². The van der Waals surface area contributed by atoms with Crippen LogP contribution in [0.3, 0.4) is 0 Å². The Labute approximate surface area is 163 Å². The lowest BCUT2D eigenvalue weighted by Crippen LogP contribution is -2.20. The highest BCUT2D eigenvalue weighted by Gasteiger charge is 2.12. The van der Waals surface area contributed by atoms with Crippen molar-refractivity contribution >= 4 is 22.4 Å². The molecule has 0 aliphatic heterocycles. The first-order chi connectivity index (χ1) is 13.0. The van der Waals surface area contributed by atoms with Crippen molar-refractivity contribution in [2.75, 3.05) is 19.0 Å². The molecule has 3 rings (SSSR count). The summed E-state index contributed by atoms with van der Waals surface area (Å²) in [4.78, 5) is 16.7. The van der Waals surface area contributed by atoms with Gasteiger partial charge in [0.05, 0.1) is 12.8 Å². The molecule has 140 valence electrons. The maximum Gasteiger partial charge on any atom is 0.264 e. The van der Waals surface area contributed by atoms with Crippen molar-refractivity contribution in [2.24, 2.45) is 0 Å². The number of hydrogen-bond acceptors (Lipinski definition) is 5. The van der Waals surface area contributed by atoms with Crippen LogP contribution in [0.2, 0.25) is 0 Å². The van der Waals surface area contributed by atoms with Gasteiger partial charge in [0.15, 0.2) is 11.7 Å². The Hall–Kier alpha value is -2.86. The Balaban J connectivity index is 1.65. The van der Waals surface area contributed by atoms with Gasteiger partial charge in [-0.05, 0) is 44.5 Å². The number of thiazole rings is 1. The van der Waals surface area contributed by atoms with Gasteiger partial charge < -0.3 is 9.47 Å². The van der Waals surface area contributed by atoms with E-state index in [4.69, 9.17) is 9.47 Å². The van der Waals surface area contributed by atoms with Gasteiger partial charge in [0.1, 0.15) is 11.5 Å². The van der Waals surface area contributed by atoms with Gasteiger partial charge in [-0.1, -0.05) is 29.3 Å². The van der Waals surface area contributed by atoms with Crippen LogP contribution < -0.4 is 14.8 Å². The zero-order chi connectivity index (χ0) is 19.4. The first-order valence-corrected chi connectivity index (χ1v) is 9.44. The smallest absolute Gasteiger partial charge is 0.264 e. The van der Waals surface area contributed by atoms with Crippen LogP contribution >= 0.6 is 11.3 Å². The number of carbonyl (C=O) groups is 1. The van der Waals surface area contributed by atoms with Crippen LogP contribution in [0.4, 0.5) is 5.13 Å². The number of ether oxygens (including phenoxy) is 2. The fraction of sp³-hybridized carbons (Fsp3) is 0.238. The van der Waals surface area contributed by atoms with Crippen molar-refractivity contribution in [3.63, 3.8) is 0 Å². The second-order valence-electron chi connectivity index (χ2n) is 6.35. The van der Waals surface area contributed by atoms with Crippen molar-refractivity contribution in [1.29, 1.82) is 0 Å². The summed E-state index contributed by atoms with van der Waals surface area (Å²) in [5.74, 6) is 1.22. The van der Waals surface area contributed by atoms with Gasteiger partial charge in [-0.2, -0.15) is 0 Å². The second-order valence-corrected chi connectivity index (χ2v) is 7.21. The molecule has 0 atom stereocenters. The average Bonchev–Trinajstić information content (AvgIpc) is 3.09. The summed E-state index contributed by atoms with van der Waals surface area (Å²) in [6, 6.07) is 11.8. The summed E-state index contributed by atoms with van der Waals surface area (Å²) in [7, 11) is 1.63. The monoisotopic (exact) mass is 382 g/mol. The van der Waals surface area contributed by atoms with Crippen LogP contribution in [0.1, 0.15) is 16.7 Å². The minimum Gasteiger partial charge on any atom is -0.496 e. The van der Waals surface area contributed by atoms with Gasteiger partial charge in [0, 0.05) is 10.9 Å². The molecule has 1 heterocycles. The number of rotatable bonds is 6. The molecule has 0 aliphatic carbocycles. The molecular formula is C21H22N2O3S. The molecule has 0 fully saturated rings. The van der Waals surface area contributed by atoms with Crippen LogP contribution in [-0.4, -0.2) is 24.6 Å². The molecule has 3 aromatic rings. The van der Waals surface area contributed by atoms with E-state index in [-0.39, 0.29) is 12.5 Å². The Bertz CT molecular complexity index is 966. The van der Waals surface area contributed by atoms with E-state index in [1.807, 2.05) is 62.5 Å². The molecule has 1 aromatic heterocycles. The van der Waals surface area contributed by atoms with Crippen molar-refractivity contribution in [2.45, 2.75) is 20.8 Å². The molecule has 0 radical (unpaired) electrons. The molecule has 0 saturated carbocycles. The molecule has 0 unspecified atom stereocenters. The second kappa shape index (κ2) is 8.22. The molecule has 5 nitrogen and oxygen atoms in total. The molecule has 0 bridgehead atoms. The van der Waals surface area contributed by atoms with E-state index in [0.717, 1.165) is 33.7 Å². The maximum absolute atomic E-state index is 12.2. The van der Waals surface area contributed by atoms with Crippen LogP contribution in [0.25, 0.3) is 11.3 Å². The third-order valence-electron chi connectivity index (χ3n) is 4.07. The molecule has 1 amide bonds. The van der Waals surface area contributed by atoms with E-state index in [1.165, 1.54) is 11.3 Å². The number of hydrogen-bond donors (Lipinski definition) is 1. The van der Waals surface area contributed by atoms with Crippen LogP contribution in [0.15, 0.2) is 41.8 Å². The SMILES string of the molecule is COc1ccc(C)cc1-c1csc(NC(=O)COc2ccc(C)cc2C)n1. The third kappa shape index (κ3) is 4.65. The predicted molar refractivity (Wildman–Crippen MR) is 109 cm³/mol. The van der Waals surface area contributed by atoms with Crippen molar-refractivity contribution < 1.29 is 14.3 Å². The van der Waals surface area contributed by atoms with Gasteiger partial charge in [0.25, 0.3) is 5.91 Å². The van der Waals surface area contributed by atoms with Gasteiger partial charge >= 0.3 is 0 Å². The zero-order valence-electron chi connectivity index (χ0n) is 15.8. The lowest BCUT2D eigenvalue weighted by Gasteiger charge is -2.09. The standard InChI is InChI=1S/C21H22N2O3S/c1-13-5-7-18(15(3)9-13)26-11-20(24)23-21-22-17(12-27-21)16-10-14(2)6-8-19(16)25-4/h5-10,12H,11H2,1-4H3,(H,22,23,24). The molecule has 0 saturated heterocycles. The number of amides is 1. The Morgan fingerprint density at radius 1 is 1.07 bits per heavy atom. The van der Waals surface area contributed by atoms with Crippen LogP contribution in [-0.2, 0) is 4.79 Å². The van der Waals surface area contributed by atoms with Gasteiger partial charge in [-0.15, -0.1) is 11.3 Å². The zero-order valence-corrected chi connectivity index (χ0v) is 16.6. The normalized spacial score (nSPS) is 10.5. The quantitative estimate of drug-likeness (QED) is 0.668. The summed E-state index contributed by atoms with van der Waals surface area (Å²) in [6.45, 7) is 5.93. The largest absolute Gasteiger partial charge is 0.496 e. The van der Waals surface area contributed by atoms with E-state index >= 15 is 0 Å². The number of carbonyl (C=O) groups excluding carboxylic acids is 1. The first-order valence-electron chi connectivity index (χ1n) is 8.56. The van der Waals surface area contributed by atoms with E-state index in [1.54, 1.807) is 7.11 Å². The van der Waals surface area contributed by atoms with Crippen LogP contribution in [0.5, 0.6) is 11.5 Å². The van der Waals surface area contributed by atoms with Crippen molar-refractivity contribution in [3.8, 4) is 22.8 Å². The molecule has 0 aliphatic rings. The van der Waals surface area contributed by atoms with Crippen LogP contribution in [0, 0.1) is 20.8 Å². The van der Waals surface area contributed by atoms with E-state index < -0.39 is 0 Å². The highest BCUT2D eigenvalue weighted by Crippen LogP contribution is 2.33. The third-order valence-corrected chi connectivity index (χ3v) is 4.83. The molecule has 2 aromatic carbocycles. The number of methoxy groups -OCH3 is 1. The first kappa shape index (κ1) is 18.9. The van der Waals surface area contributed by atoms with Crippen molar-refractivity contribution in [1.82, 2.24) is 4.98 Å².